The number of terminal acetylenes is 1. The molecule has 2 aliphatic heterocycles. The number of unbranched alkanes of at least 4 members (excludes halogenated alkanes) is 1. The Bertz CT molecular complexity index is 384. The van der Waals surface area contributed by atoms with Crippen molar-refractivity contribution in [3.05, 3.63) is 0 Å². The summed E-state index contributed by atoms with van der Waals surface area (Å²) in [7, 11) is 0. The topological polar surface area (TPSA) is 36.9 Å². The molecule has 136 valence electrons. The van der Waals surface area contributed by atoms with Gasteiger partial charge in [-0.15, -0.1) is 23.9 Å². The summed E-state index contributed by atoms with van der Waals surface area (Å²) in [4.78, 5) is 0. The van der Waals surface area contributed by atoms with Crippen molar-refractivity contribution in [3.8, 4) is 24.2 Å². The van der Waals surface area contributed by atoms with Gasteiger partial charge in [-0.2, -0.15) is 0 Å². The van der Waals surface area contributed by atoms with Crippen LogP contribution in [0.2, 0.25) is 0 Å². The van der Waals surface area contributed by atoms with Gasteiger partial charge in [-0.1, -0.05) is 11.8 Å². The van der Waals surface area contributed by atoms with E-state index in [9.17, 15) is 0 Å². The highest BCUT2D eigenvalue weighted by Gasteiger charge is 2.13. The van der Waals surface area contributed by atoms with Gasteiger partial charge in [-0.3, -0.25) is 0 Å². The zero-order valence-corrected chi connectivity index (χ0v) is 15.2. The lowest BCUT2D eigenvalue weighted by Crippen LogP contribution is -2.22. The van der Waals surface area contributed by atoms with E-state index in [2.05, 4.69) is 17.8 Å². The molecule has 0 aromatic carbocycles. The Morgan fingerprint density at radius 1 is 0.917 bits per heavy atom. The molecule has 0 aliphatic carbocycles. The third-order valence-electron chi connectivity index (χ3n) is 3.53. The molecule has 2 rings (SSSR count). The fraction of sp³-hybridized carbons (Fsp3) is 0.789. The zero-order chi connectivity index (χ0) is 17.3. The normalized spacial score (nSPS) is 23.2. The summed E-state index contributed by atoms with van der Waals surface area (Å²) in [5.74, 6) is 9.06. The van der Waals surface area contributed by atoms with E-state index in [1.54, 1.807) is 0 Å². The number of hydrogen-bond donors (Lipinski definition) is 0. The lowest BCUT2D eigenvalue weighted by atomic mass is 10.2. The first-order chi connectivity index (χ1) is 11.9. The molecule has 0 aromatic heterocycles. The number of alkyl halides is 1. The molecule has 2 unspecified atom stereocenters. The average Bonchev–Trinajstić information content (AvgIpc) is 2.65. The van der Waals surface area contributed by atoms with E-state index < -0.39 is 0 Å². The third kappa shape index (κ3) is 11.7. The first-order valence-corrected chi connectivity index (χ1v) is 9.32. The van der Waals surface area contributed by atoms with E-state index in [0.717, 1.165) is 51.7 Å². The Morgan fingerprint density at radius 3 is 2.04 bits per heavy atom. The van der Waals surface area contributed by atoms with Crippen molar-refractivity contribution in [3.63, 3.8) is 0 Å². The highest BCUT2D eigenvalue weighted by atomic mass is 35.5. The lowest BCUT2D eigenvalue weighted by molar-refractivity contribution is -0.154. The summed E-state index contributed by atoms with van der Waals surface area (Å²) in [5.41, 5.74) is 0. The summed E-state index contributed by atoms with van der Waals surface area (Å²) in [6.07, 6.45) is 13.5. The van der Waals surface area contributed by atoms with Crippen LogP contribution in [0.3, 0.4) is 0 Å². The second kappa shape index (κ2) is 15.8. The van der Waals surface area contributed by atoms with Gasteiger partial charge < -0.3 is 18.9 Å². The highest BCUT2D eigenvalue weighted by molar-refractivity contribution is 6.17. The molecule has 0 bridgehead atoms. The quantitative estimate of drug-likeness (QED) is 0.413. The number of ether oxygens (including phenoxy) is 4. The number of halogens is 1. The molecule has 0 amide bonds. The maximum Gasteiger partial charge on any atom is 0.158 e. The molecule has 2 saturated heterocycles. The second-order valence-electron chi connectivity index (χ2n) is 5.56. The number of rotatable bonds is 6. The van der Waals surface area contributed by atoms with Crippen molar-refractivity contribution in [1.82, 2.24) is 0 Å². The van der Waals surface area contributed by atoms with Gasteiger partial charge in [0.15, 0.2) is 12.6 Å². The SMILES string of the molecule is C#CCOC1CCCCO1.ClCCCC#CCOC1CCCCO1. The summed E-state index contributed by atoms with van der Waals surface area (Å²) in [6, 6.07) is 0. The molecule has 4 nitrogen and oxygen atoms in total. The maximum absolute atomic E-state index is 5.52. The van der Waals surface area contributed by atoms with Crippen LogP contribution in [-0.4, -0.2) is 44.9 Å². The van der Waals surface area contributed by atoms with E-state index in [1.807, 2.05) is 0 Å². The molecule has 0 aromatic rings. The Hall–Kier alpha value is -0.750. The Labute approximate surface area is 151 Å². The Kier molecular flexibility index (Phi) is 14.0. The van der Waals surface area contributed by atoms with Crippen molar-refractivity contribution in [2.75, 3.05) is 32.3 Å². The molecule has 24 heavy (non-hydrogen) atoms. The van der Waals surface area contributed by atoms with Crippen molar-refractivity contribution >= 4 is 11.6 Å². The summed E-state index contributed by atoms with van der Waals surface area (Å²) < 4.78 is 21.3. The lowest BCUT2D eigenvalue weighted by Gasteiger charge is -2.21. The van der Waals surface area contributed by atoms with Crippen LogP contribution in [-0.2, 0) is 18.9 Å². The van der Waals surface area contributed by atoms with E-state index in [1.165, 1.54) is 12.8 Å². The maximum atomic E-state index is 5.52. The Balaban J connectivity index is 0.000000254. The third-order valence-corrected chi connectivity index (χ3v) is 3.80. The van der Waals surface area contributed by atoms with Gasteiger partial charge in [0.05, 0.1) is 0 Å². The van der Waals surface area contributed by atoms with Crippen LogP contribution < -0.4 is 0 Å². The van der Waals surface area contributed by atoms with Crippen molar-refractivity contribution in [1.29, 1.82) is 0 Å². The van der Waals surface area contributed by atoms with E-state index >= 15 is 0 Å². The van der Waals surface area contributed by atoms with Gasteiger partial charge in [0.25, 0.3) is 0 Å². The standard InChI is InChI=1S/C11H17ClO2.C8H12O2/c12-8-4-1-2-5-9-13-11-7-3-6-10-14-11;1-2-6-9-8-5-3-4-7-10-8/h11H,1,3-4,6-10H2;1,8H,3-7H2. The van der Waals surface area contributed by atoms with Crippen molar-refractivity contribution < 1.29 is 18.9 Å². The molecular weight excluding hydrogens is 328 g/mol. The van der Waals surface area contributed by atoms with Gasteiger partial charge >= 0.3 is 0 Å². The minimum absolute atomic E-state index is 0.0222. The molecule has 5 heteroatoms. The smallest absolute Gasteiger partial charge is 0.158 e. The molecule has 2 fully saturated rings. The van der Waals surface area contributed by atoms with Gasteiger partial charge in [-0.25, -0.2) is 0 Å². The van der Waals surface area contributed by atoms with E-state index in [4.69, 9.17) is 37.0 Å². The van der Waals surface area contributed by atoms with Crippen LogP contribution in [0.4, 0.5) is 0 Å². The van der Waals surface area contributed by atoms with Crippen LogP contribution in [0, 0.1) is 24.2 Å². The molecule has 0 radical (unpaired) electrons. The van der Waals surface area contributed by atoms with E-state index in [-0.39, 0.29) is 12.6 Å². The summed E-state index contributed by atoms with van der Waals surface area (Å²) in [6.45, 7) is 2.48. The molecule has 2 aliphatic rings. The first-order valence-electron chi connectivity index (χ1n) is 8.78. The molecule has 0 spiro atoms. The molecule has 2 atom stereocenters. The summed E-state index contributed by atoms with van der Waals surface area (Å²) >= 11 is 5.52. The van der Waals surface area contributed by atoms with Gasteiger partial charge in [0.1, 0.15) is 13.2 Å². The van der Waals surface area contributed by atoms with Crippen LogP contribution in [0.15, 0.2) is 0 Å². The van der Waals surface area contributed by atoms with Crippen molar-refractivity contribution in [2.45, 2.75) is 63.9 Å². The average molecular weight is 357 g/mol. The highest BCUT2D eigenvalue weighted by Crippen LogP contribution is 2.13. The fourth-order valence-electron chi connectivity index (χ4n) is 2.26. The van der Waals surface area contributed by atoms with Gasteiger partial charge in [0, 0.05) is 25.5 Å². The van der Waals surface area contributed by atoms with Crippen LogP contribution in [0.1, 0.15) is 51.4 Å². The second-order valence-corrected chi connectivity index (χ2v) is 5.94. The Morgan fingerprint density at radius 2 is 1.54 bits per heavy atom. The van der Waals surface area contributed by atoms with Crippen molar-refractivity contribution in [2.24, 2.45) is 0 Å². The summed E-state index contributed by atoms with van der Waals surface area (Å²) in [5, 5.41) is 0. The van der Waals surface area contributed by atoms with Gasteiger partial charge in [-0.05, 0) is 44.9 Å². The van der Waals surface area contributed by atoms with Crippen LogP contribution in [0.5, 0.6) is 0 Å². The monoisotopic (exact) mass is 356 g/mol. The van der Waals surface area contributed by atoms with Gasteiger partial charge in [0.2, 0.25) is 0 Å². The fourth-order valence-corrected chi connectivity index (χ4v) is 2.39. The first kappa shape index (κ1) is 21.3. The largest absolute Gasteiger partial charge is 0.353 e. The predicted octanol–water partition coefficient (Wildman–Crippen LogP) is 3.71. The minimum atomic E-state index is -0.0372. The molecule has 0 saturated carbocycles. The van der Waals surface area contributed by atoms with Crippen LogP contribution in [0.25, 0.3) is 0 Å². The number of hydrogen-bond acceptors (Lipinski definition) is 4. The van der Waals surface area contributed by atoms with Crippen LogP contribution >= 0.6 is 11.6 Å². The zero-order valence-electron chi connectivity index (χ0n) is 14.4. The minimum Gasteiger partial charge on any atom is -0.353 e. The molecule has 2 heterocycles. The predicted molar refractivity (Wildman–Crippen MR) is 95.6 cm³/mol. The molecular formula is C19H29ClO4. The van der Waals surface area contributed by atoms with E-state index in [0.29, 0.717) is 19.1 Å². The molecule has 0 N–H and O–H groups in total.